The fraction of sp³-hybridized carbons (Fsp3) is 0.857. The SMILES string of the molecule is CC1CCCCC1(CN)NC(=O)C1CCC(=O)NC1. The van der Waals surface area contributed by atoms with Crippen molar-refractivity contribution in [1.29, 1.82) is 0 Å². The molecule has 1 aliphatic heterocycles. The van der Waals surface area contributed by atoms with Crippen LogP contribution in [0.3, 0.4) is 0 Å². The average Bonchev–Trinajstić information content (AvgIpc) is 2.42. The van der Waals surface area contributed by atoms with Crippen LogP contribution < -0.4 is 16.4 Å². The van der Waals surface area contributed by atoms with Crippen LogP contribution in [0.1, 0.15) is 45.4 Å². The van der Waals surface area contributed by atoms with Gasteiger partial charge in [-0.15, -0.1) is 0 Å². The van der Waals surface area contributed by atoms with Crippen LogP contribution in [-0.4, -0.2) is 30.4 Å². The van der Waals surface area contributed by atoms with Gasteiger partial charge >= 0.3 is 0 Å². The number of hydrogen-bond donors (Lipinski definition) is 3. The Morgan fingerprint density at radius 2 is 2.26 bits per heavy atom. The first kappa shape index (κ1) is 14.3. The quantitative estimate of drug-likeness (QED) is 0.697. The van der Waals surface area contributed by atoms with Crippen LogP contribution in [0.4, 0.5) is 0 Å². The van der Waals surface area contributed by atoms with Gasteiger partial charge in [0.05, 0.1) is 11.5 Å². The molecule has 0 aromatic rings. The molecule has 2 amide bonds. The van der Waals surface area contributed by atoms with Crippen LogP contribution in [0.5, 0.6) is 0 Å². The van der Waals surface area contributed by atoms with Crippen molar-refractivity contribution in [2.75, 3.05) is 13.1 Å². The van der Waals surface area contributed by atoms with Gasteiger partial charge in [0.2, 0.25) is 11.8 Å². The van der Waals surface area contributed by atoms with E-state index in [1.165, 1.54) is 6.42 Å². The third-order valence-electron chi connectivity index (χ3n) is 4.83. The zero-order valence-corrected chi connectivity index (χ0v) is 11.7. The van der Waals surface area contributed by atoms with Crippen LogP contribution in [0.25, 0.3) is 0 Å². The van der Waals surface area contributed by atoms with Crippen molar-refractivity contribution in [3.63, 3.8) is 0 Å². The first-order valence-electron chi connectivity index (χ1n) is 7.36. The zero-order chi connectivity index (χ0) is 13.9. The monoisotopic (exact) mass is 267 g/mol. The Kier molecular flexibility index (Phi) is 4.45. The first-order valence-corrected chi connectivity index (χ1v) is 7.36. The summed E-state index contributed by atoms with van der Waals surface area (Å²) in [5.74, 6) is 0.423. The Hall–Kier alpha value is -1.10. The number of carbonyl (C=O) groups excluding carboxylic acids is 2. The van der Waals surface area contributed by atoms with Crippen molar-refractivity contribution in [2.24, 2.45) is 17.6 Å². The van der Waals surface area contributed by atoms with Gasteiger partial charge < -0.3 is 16.4 Å². The van der Waals surface area contributed by atoms with Gasteiger partial charge in [-0.05, 0) is 25.2 Å². The molecule has 0 spiro atoms. The summed E-state index contributed by atoms with van der Waals surface area (Å²) in [6.07, 6.45) is 5.53. The highest BCUT2D eigenvalue weighted by Crippen LogP contribution is 2.33. The molecule has 0 radical (unpaired) electrons. The molecule has 3 unspecified atom stereocenters. The summed E-state index contributed by atoms with van der Waals surface area (Å²) in [5.41, 5.74) is 5.70. The molecule has 2 rings (SSSR count). The van der Waals surface area contributed by atoms with E-state index in [1.54, 1.807) is 0 Å². The van der Waals surface area contributed by atoms with E-state index in [9.17, 15) is 9.59 Å². The lowest BCUT2D eigenvalue weighted by Crippen LogP contribution is -2.61. The maximum atomic E-state index is 12.4. The van der Waals surface area contributed by atoms with Crippen molar-refractivity contribution in [3.05, 3.63) is 0 Å². The Labute approximate surface area is 114 Å². The first-order chi connectivity index (χ1) is 9.07. The molecule has 5 nitrogen and oxygen atoms in total. The second-order valence-corrected chi connectivity index (χ2v) is 6.04. The van der Waals surface area contributed by atoms with Crippen molar-refractivity contribution in [3.8, 4) is 0 Å². The number of rotatable bonds is 3. The highest BCUT2D eigenvalue weighted by Gasteiger charge is 2.39. The summed E-state index contributed by atoms with van der Waals surface area (Å²) in [7, 11) is 0. The predicted molar refractivity (Wildman–Crippen MR) is 73.3 cm³/mol. The van der Waals surface area contributed by atoms with E-state index in [0.717, 1.165) is 19.3 Å². The summed E-state index contributed by atoms with van der Waals surface area (Å²) >= 11 is 0. The van der Waals surface area contributed by atoms with Crippen molar-refractivity contribution < 1.29 is 9.59 Å². The van der Waals surface area contributed by atoms with E-state index < -0.39 is 0 Å². The molecule has 1 saturated heterocycles. The number of piperidine rings is 1. The topological polar surface area (TPSA) is 84.2 Å². The van der Waals surface area contributed by atoms with E-state index >= 15 is 0 Å². The molecular weight excluding hydrogens is 242 g/mol. The molecule has 0 aromatic heterocycles. The number of nitrogens with two attached hydrogens (primary N) is 1. The summed E-state index contributed by atoms with van der Waals surface area (Å²) in [6, 6.07) is 0. The number of nitrogens with one attached hydrogen (secondary N) is 2. The molecule has 0 aromatic carbocycles. The van der Waals surface area contributed by atoms with Crippen LogP contribution >= 0.6 is 0 Å². The Bertz CT molecular complexity index is 349. The van der Waals surface area contributed by atoms with E-state index in [1.807, 2.05) is 0 Å². The minimum absolute atomic E-state index is 0.0450. The normalized spacial score (nSPS) is 35.6. The van der Waals surface area contributed by atoms with Gasteiger partial charge in [0, 0.05) is 19.5 Å². The molecule has 108 valence electrons. The fourth-order valence-corrected chi connectivity index (χ4v) is 3.26. The second-order valence-electron chi connectivity index (χ2n) is 6.04. The van der Waals surface area contributed by atoms with Crippen LogP contribution in [0.2, 0.25) is 0 Å². The molecule has 1 aliphatic carbocycles. The molecule has 5 heteroatoms. The lowest BCUT2D eigenvalue weighted by molar-refractivity contribution is -0.131. The molecule has 4 N–H and O–H groups in total. The Balaban J connectivity index is 1.97. The van der Waals surface area contributed by atoms with Gasteiger partial charge in [0.1, 0.15) is 0 Å². The van der Waals surface area contributed by atoms with E-state index in [-0.39, 0.29) is 23.3 Å². The van der Waals surface area contributed by atoms with Crippen LogP contribution in [-0.2, 0) is 9.59 Å². The third kappa shape index (κ3) is 3.08. The molecule has 1 heterocycles. The standard InChI is InChI=1S/C14H25N3O2/c1-10-4-2-3-7-14(10,9-15)17-13(19)11-5-6-12(18)16-8-11/h10-11H,2-9,15H2,1H3,(H,16,18)(H,17,19). The highest BCUT2D eigenvalue weighted by molar-refractivity contribution is 5.84. The number of amides is 2. The molecule has 3 atom stereocenters. The summed E-state index contributed by atoms with van der Waals surface area (Å²) in [4.78, 5) is 23.5. The highest BCUT2D eigenvalue weighted by atomic mass is 16.2. The van der Waals surface area contributed by atoms with Crippen molar-refractivity contribution >= 4 is 11.8 Å². The largest absolute Gasteiger partial charge is 0.355 e. The fourth-order valence-electron chi connectivity index (χ4n) is 3.26. The lowest BCUT2D eigenvalue weighted by atomic mass is 9.73. The molecular formula is C14H25N3O2. The van der Waals surface area contributed by atoms with Crippen molar-refractivity contribution in [1.82, 2.24) is 10.6 Å². The van der Waals surface area contributed by atoms with Gasteiger partial charge in [-0.2, -0.15) is 0 Å². The molecule has 2 fully saturated rings. The minimum atomic E-state index is -0.239. The van der Waals surface area contributed by atoms with Gasteiger partial charge in [-0.1, -0.05) is 19.8 Å². The molecule has 0 bridgehead atoms. The smallest absolute Gasteiger partial charge is 0.225 e. The van der Waals surface area contributed by atoms with Crippen LogP contribution in [0, 0.1) is 11.8 Å². The van der Waals surface area contributed by atoms with E-state index in [4.69, 9.17) is 5.73 Å². The third-order valence-corrected chi connectivity index (χ3v) is 4.83. The minimum Gasteiger partial charge on any atom is -0.355 e. The summed E-state index contributed by atoms with van der Waals surface area (Å²) in [6.45, 7) is 3.13. The average molecular weight is 267 g/mol. The molecule has 19 heavy (non-hydrogen) atoms. The Morgan fingerprint density at radius 1 is 1.47 bits per heavy atom. The zero-order valence-electron chi connectivity index (χ0n) is 11.7. The van der Waals surface area contributed by atoms with Crippen LogP contribution in [0.15, 0.2) is 0 Å². The van der Waals surface area contributed by atoms with Gasteiger partial charge in [0.15, 0.2) is 0 Å². The summed E-state index contributed by atoms with van der Waals surface area (Å²) < 4.78 is 0. The summed E-state index contributed by atoms with van der Waals surface area (Å²) in [5, 5.41) is 5.96. The maximum absolute atomic E-state index is 12.4. The lowest BCUT2D eigenvalue weighted by Gasteiger charge is -2.43. The molecule has 1 saturated carbocycles. The number of carbonyl (C=O) groups is 2. The van der Waals surface area contributed by atoms with E-state index in [0.29, 0.717) is 31.8 Å². The predicted octanol–water partition coefficient (Wildman–Crippen LogP) is 0.536. The number of hydrogen-bond acceptors (Lipinski definition) is 3. The second kappa shape index (κ2) is 5.90. The molecule has 2 aliphatic rings. The Morgan fingerprint density at radius 3 is 2.84 bits per heavy atom. The van der Waals surface area contributed by atoms with Gasteiger partial charge in [-0.3, -0.25) is 9.59 Å². The van der Waals surface area contributed by atoms with E-state index in [2.05, 4.69) is 17.6 Å². The van der Waals surface area contributed by atoms with Gasteiger partial charge in [0.25, 0.3) is 0 Å². The maximum Gasteiger partial charge on any atom is 0.225 e. The van der Waals surface area contributed by atoms with Gasteiger partial charge in [-0.25, -0.2) is 0 Å². The van der Waals surface area contributed by atoms with Crippen molar-refractivity contribution in [2.45, 2.75) is 51.0 Å².